The van der Waals surface area contributed by atoms with E-state index in [0.717, 1.165) is 5.69 Å². The molecule has 0 spiro atoms. The van der Waals surface area contributed by atoms with E-state index in [0.29, 0.717) is 18.0 Å². The highest BCUT2D eigenvalue weighted by molar-refractivity contribution is 5.87. The number of rotatable bonds is 5. The van der Waals surface area contributed by atoms with E-state index in [2.05, 4.69) is 36.0 Å². The second kappa shape index (κ2) is 6.84. The van der Waals surface area contributed by atoms with Gasteiger partial charge in [0.25, 0.3) is 0 Å². The van der Waals surface area contributed by atoms with Gasteiger partial charge in [0, 0.05) is 17.8 Å². The quantitative estimate of drug-likeness (QED) is 0.640. The van der Waals surface area contributed by atoms with Crippen molar-refractivity contribution in [3.63, 3.8) is 0 Å². The number of ether oxygens (including phenoxy) is 1. The van der Waals surface area contributed by atoms with Gasteiger partial charge >= 0.3 is 5.97 Å². The number of methoxy groups -OCH3 is 1. The van der Waals surface area contributed by atoms with E-state index in [4.69, 9.17) is 0 Å². The van der Waals surface area contributed by atoms with Crippen molar-refractivity contribution in [2.75, 3.05) is 19.0 Å². The average molecular weight is 247 g/mol. The molecule has 18 heavy (non-hydrogen) atoms. The van der Waals surface area contributed by atoms with Gasteiger partial charge in [0.2, 0.25) is 0 Å². The number of carbonyl (C=O) groups is 1. The van der Waals surface area contributed by atoms with Gasteiger partial charge in [-0.25, -0.2) is 4.79 Å². The molecule has 0 aliphatic carbocycles. The Morgan fingerprint density at radius 3 is 2.78 bits per heavy atom. The molecule has 0 atom stereocenters. The first kappa shape index (κ1) is 14.3. The van der Waals surface area contributed by atoms with Gasteiger partial charge in [-0.15, -0.1) is 0 Å². The van der Waals surface area contributed by atoms with Gasteiger partial charge in [0.15, 0.2) is 0 Å². The standard InChI is InChI=1S/C15H21NO2/c1-11(2)13-6-5-7-14(10-13)16-9-8-12(3)15(17)18-4/h5-8,10-11,16H,9H2,1-4H3/b12-8+. The Hall–Kier alpha value is -1.77. The SMILES string of the molecule is COC(=O)/C(C)=C/CNc1cccc(C(C)C)c1. The fraction of sp³-hybridized carbons (Fsp3) is 0.400. The van der Waals surface area contributed by atoms with Crippen molar-refractivity contribution in [1.82, 2.24) is 0 Å². The van der Waals surface area contributed by atoms with Crippen molar-refractivity contribution < 1.29 is 9.53 Å². The van der Waals surface area contributed by atoms with Crippen molar-refractivity contribution in [2.24, 2.45) is 0 Å². The van der Waals surface area contributed by atoms with Crippen LogP contribution in [0.4, 0.5) is 5.69 Å². The third kappa shape index (κ3) is 4.24. The van der Waals surface area contributed by atoms with Crippen LogP contribution < -0.4 is 5.32 Å². The summed E-state index contributed by atoms with van der Waals surface area (Å²) < 4.78 is 4.63. The molecule has 0 bridgehead atoms. The summed E-state index contributed by atoms with van der Waals surface area (Å²) in [6, 6.07) is 8.30. The molecule has 0 aliphatic rings. The van der Waals surface area contributed by atoms with E-state index in [1.165, 1.54) is 12.7 Å². The number of esters is 1. The molecule has 3 nitrogen and oxygen atoms in total. The molecule has 0 saturated heterocycles. The maximum Gasteiger partial charge on any atom is 0.333 e. The van der Waals surface area contributed by atoms with Crippen LogP contribution >= 0.6 is 0 Å². The molecule has 1 aromatic rings. The van der Waals surface area contributed by atoms with Crippen LogP contribution in [0.2, 0.25) is 0 Å². The molecule has 0 amide bonds. The summed E-state index contributed by atoms with van der Waals surface area (Å²) in [5.41, 5.74) is 2.98. The molecule has 0 aliphatic heterocycles. The predicted octanol–water partition coefficient (Wildman–Crippen LogP) is 3.34. The lowest BCUT2D eigenvalue weighted by atomic mass is 10.0. The fourth-order valence-electron chi connectivity index (χ4n) is 1.57. The van der Waals surface area contributed by atoms with Crippen LogP contribution in [0.25, 0.3) is 0 Å². The molecule has 3 heteroatoms. The van der Waals surface area contributed by atoms with Gasteiger partial charge in [0.1, 0.15) is 0 Å². The van der Waals surface area contributed by atoms with E-state index >= 15 is 0 Å². The summed E-state index contributed by atoms with van der Waals surface area (Å²) in [6.45, 7) is 6.70. The minimum Gasteiger partial charge on any atom is -0.466 e. The third-order valence-corrected chi connectivity index (χ3v) is 2.78. The summed E-state index contributed by atoms with van der Waals surface area (Å²) >= 11 is 0. The number of benzene rings is 1. The predicted molar refractivity (Wildman–Crippen MR) is 74.8 cm³/mol. The summed E-state index contributed by atoms with van der Waals surface area (Å²) in [5.74, 6) is 0.229. The number of carbonyl (C=O) groups excluding carboxylic acids is 1. The van der Waals surface area contributed by atoms with Crippen LogP contribution in [-0.4, -0.2) is 19.6 Å². The summed E-state index contributed by atoms with van der Waals surface area (Å²) in [6.07, 6.45) is 1.83. The fourth-order valence-corrected chi connectivity index (χ4v) is 1.57. The Morgan fingerprint density at radius 1 is 1.44 bits per heavy atom. The van der Waals surface area contributed by atoms with Crippen LogP contribution in [0.3, 0.4) is 0 Å². The van der Waals surface area contributed by atoms with Crippen LogP contribution in [0.5, 0.6) is 0 Å². The number of hydrogen-bond donors (Lipinski definition) is 1. The third-order valence-electron chi connectivity index (χ3n) is 2.78. The van der Waals surface area contributed by atoms with Crippen molar-refractivity contribution in [3.05, 3.63) is 41.5 Å². The topological polar surface area (TPSA) is 38.3 Å². The lowest BCUT2D eigenvalue weighted by Gasteiger charge is -2.09. The van der Waals surface area contributed by atoms with Gasteiger partial charge < -0.3 is 10.1 Å². The van der Waals surface area contributed by atoms with Crippen LogP contribution in [0.1, 0.15) is 32.3 Å². The molecular weight excluding hydrogens is 226 g/mol. The van der Waals surface area contributed by atoms with Gasteiger partial charge in [-0.1, -0.05) is 32.1 Å². The largest absolute Gasteiger partial charge is 0.466 e. The summed E-state index contributed by atoms with van der Waals surface area (Å²) in [7, 11) is 1.39. The highest BCUT2D eigenvalue weighted by atomic mass is 16.5. The Bertz CT molecular complexity index is 436. The Kier molecular flexibility index (Phi) is 5.43. The highest BCUT2D eigenvalue weighted by Crippen LogP contribution is 2.18. The molecule has 0 saturated carbocycles. The van der Waals surface area contributed by atoms with E-state index < -0.39 is 0 Å². The maximum atomic E-state index is 11.2. The molecule has 98 valence electrons. The van der Waals surface area contributed by atoms with Gasteiger partial charge in [0.05, 0.1) is 7.11 Å². The van der Waals surface area contributed by atoms with Crippen LogP contribution in [0.15, 0.2) is 35.9 Å². The lowest BCUT2D eigenvalue weighted by Crippen LogP contribution is -2.05. The maximum absolute atomic E-state index is 11.2. The Balaban J connectivity index is 2.59. The molecular formula is C15H21NO2. The molecule has 1 N–H and O–H groups in total. The van der Waals surface area contributed by atoms with Crippen molar-refractivity contribution in [2.45, 2.75) is 26.7 Å². The van der Waals surface area contributed by atoms with E-state index in [-0.39, 0.29) is 5.97 Å². The van der Waals surface area contributed by atoms with E-state index in [1.54, 1.807) is 6.92 Å². The minimum atomic E-state index is -0.285. The van der Waals surface area contributed by atoms with Crippen molar-refractivity contribution >= 4 is 11.7 Å². The first-order valence-corrected chi connectivity index (χ1v) is 6.13. The summed E-state index contributed by atoms with van der Waals surface area (Å²) in [5, 5.41) is 3.27. The molecule has 0 heterocycles. The second-order valence-corrected chi connectivity index (χ2v) is 4.54. The zero-order valence-corrected chi connectivity index (χ0v) is 11.5. The first-order valence-electron chi connectivity index (χ1n) is 6.13. The van der Waals surface area contributed by atoms with E-state index in [9.17, 15) is 4.79 Å². The lowest BCUT2D eigenvalue weighted by molar-refractivity contribution is -0.136. The van der Waals surface area contributed by atoms with E-state index in [1.807, 2.05) is 18.2 Å². The second-order valence-electron chi connectivity index (χ2n) is 4.54. The molecule has 0 fully saturated rings. The van der Waals surface area contributed by atoms with Gasteiger partial charge in [-0.2, -0.15) is 0 Å². The molecule has 0 radical (unpaired) electrons. The molecule has 0 unspecified atom stereocenters. The first-order chi connectivity index (χ1) is 8.54. The molecule has 1 rings (SSSR count). The van der Waals surface area contributed by atoms with Gasteiger partial charge in [-0.3, -0.25) is 0 Å². The smallest absolute Gasteiger partial charge is 0.333 e. The number of hydrogen-bond acceptors (Lipinski definition) is 3. The Morgan fingerprint density at radius 2 is 2.17 bits per heavy atom. The normalized spacial score (nSPS) is 11.5. The Labute approximate surface area is 109 Å². The monoisotopic (exact) mass is 247 g/mol. The number of anilines is 1. The highest BCUT2D eigenvalue weighted by Gasteiger charge is 2.02. The zero-order chi connectivity index (χ0) is 13.5. The van der Waals surface area contributed by atoms with Crippen molar-refractivity contribution in [1.29, 1.82) is 0 Å². The molecule has 1 aromatic carbocycles. The van der Waals surface area contributed by atoms with Crippen LogP contribution in [0, 0.1) is 0 Å². The summed E-state index contributed by atoms with van der Waals surface area (Å²) in [4.78, 5) is 11.2. The van der Waals surface area contributed by atoms with Crippen molar-refractivity contribution in [3.8, 4) is 0 Å². The number of nitrogens with one attached hydrogen (secondary N) is 1. The minimum absolute atomic E-state index is 0.285. The average Bonchev–Trinajstić information content (AvgIpc) is 2.38. The van der Waals surface area contributed by atoms with Gasteiger partial charge in [-0.05, 0) is 30.5 Å². The molecule has 0 aromatic heterocycles. The zero-order valence-electron chi connectivity index (χ0n) is 11.5. The van der Waals surface area contributed by atoms with Crippen LogP contribution in [-0.2, 0) is 9.53 Å².